The van der Waals surface area contributed by atoms with Gasteiger partial charge in [-0.05, 0) is 43.2 Å². The lowest BCUT2D eigenvalue weighted by Crippen LogP contribution is -2.36. The number of benzene rings is 1. The molecule has 2 aromatic rings. The number of carboxylic acids is 1. The van der Waals surface area contributed by atoms with Crippen molar-refractivity contribution in [2.24, 2.45) is 0 Å². The third-order valence-electron chi connectivity index (χ3n) is 4.59. The number of morpholine rings is 1. The Bertz CT molecular complexity index is 843. The number of carbonyl (C=O) groups is 2. The fraction of sp³-hybridized carbons (Fsp3) is 0.300. The first kappa shape index (κ1) is 17.9. The lowest BCUT2D eigenvalue weighted by atomic mass is 10.0. The SMILES string of the molecule is Cc1[nH]c(C(=O)O)c(C)c1C(=O)/C=C/c1ccc(N2CCOCC2)cc1. The molecule has 1 saturated heterocycles. The maximum absolute atomic E-state index is 12.5. The van der Waals surface area contributed by atoms with E-state index in [1.54, 1.807) is 19.9 Å². The highest BCUT2D eigenvalue weighted by Crippen LogP contribution is 2.20. The maximum atomic E-state index is 12.5. The number of hydrogen-bond donors (Lipinski definition) is 2. The van der Waals surface area contributed by atoms with Crippen LogP contribution in [0.25, 0.3) is 6.08 Å². The van der Waals surface area contributed by atoms with E-state index in [2.05, 4.69) is 9.88 Å². The summed E-state index contributed by atoms with van der Waals surface area (Å²) >= 11 is 0. The lowest BCUT2D eigenvalue weighted by Gasteiger charge is -2.28. The molecule has 136 valence electrons. The van der Waals surface area contributed by atoms with Crippen molar-refractivity contribution in [2.45, 2.75) is 13.8 Å². The Kier molecular flexibility index (Phi) is 5.23. The number of ketones is 1. The largest absolute Gasteiger partial charge is 0.477 e. The Morgan fingerprint density at radius 1 is 1.15 bits per heavy atom. The van der Waals surface area contributed by atoms with Gasteiger partial charge in [0.2, 0.25) is 0 Å². The first-order chi connectivity index (χ1) is 12.5. The van der Waals surface area contributed by atoms with Crippen molar-refractivity contribution in [1.82, 2.24) is 4.98 Å². The zero-order valence-corrected chi connectivity index (χ0v) is 14.9. The minimum Gasteiger partial charge on any atom is -0.477 e. The van der Waals surface area contributed by atoms with Crippen LogP contribution < -0.4 is 4.90 Å². The molecule has 0 spiro atoms. The van der Waals surface area contributed by atoms with Crippen molar-refractivity contribution in [3.63, 3.8) is 0 Å². The van der Waals surface area contributed by atoms with Crippen LogP contribution in [0.15, 0.2) is 30.3 Å². The van der Waals surface area contributed by atoms with Gasteiger partial charge < -0.3 is 19.7 Å². The van der Waals surface area contributed by atoms with Crippen LogP contribution in [0.4, 0.5) is 5.69 Å². The number of carboxylic acid groups (broad SMARTS) is 1. The second kappa shape index (κ2) is 7.58. The molecule has 2 heterocycles. The van der Waals surface area contributed by atoms with Crippen molar-refractivity contribution in [3.8, 4) is 0 Å². The molecule has 26 heavy (non-hydrogen) atoms. The van der Waals surface area contributed by atoms with Crippen LogP contribution in [-0.2, 0) is 4.74 Å². The predicted octanol–water partition coefficient (Wildman–Crippen LogP) is 3.06. The van der Waals surface area contributed by atoms with Gasteiger partial charge in [-0.3, -0.25) is 4.79 Å². The molecule has 1 aromatic heterocycles. The number of anilines is 1. The van der Waals surface area contributed by atoms with Crippen LogP contribution in [0.1, 0.15) is 37.7 Å². The number of hydrogen-bond acceptors (Lipinski definition) is 4. The number of nitrogens with zero attached hydrogens (tertiary/aromatic N) is 1. The summed E-state index contributed by atoms with van der Waals surface area (Å²) in [6.45, 7) is 6.59. The van der Waals surface area contributed by atoms with Gasteiger partial charge in [-0.15, -0.1) is 0 Å². The van der Waals surface area contributed by atoms with Gasteiger partial charge in [0, 0.05) is 30.0 Å². The second-order valence-corrected chi connectivity index (χ2v) is 6.32. The van der Waals surface area contributed by atoms with Gasteiger partial charge in [0.05, 0.1) is 13.2 Å². The minimum absolute atomic E-state index is 0.0640. The van der Waals surface area contributed by atoms with Crippen LogP contribution in [0.3, 0.4) is 0 Å². The van der Waals surface area contributed by atoms with E-state index in [0.29, 0.717) is 16.8 Å². The van der Waals surface area contributed by atoms with Gasteiger partial charge in [0.1, 0.15) is 5.69 Å². The monoisotopic (exact) mass is 354 g/mol. The van der Waals surface area contributed by atoms with E-state index in [1.165, 1.54) is 6.08 Å². The predicted molar refractivity (Wildman–Crippen MR) is 100 cm³/mol. The van der Waals surface area contributed by atoms with Crippen molar-refractivity contribution in [2.75, 3.05) is 31.2 Å². The van der Waals surface area contributed by atoms with E-state index in [9.17, 15) is 9.59 Å². The normalized spacial score (nSPS) is 14.8. The van der Waals surface area contributed by atoms with Gasteiger partial charge in [0.15, 0.2) is 5.78 Å². The fourth-order valence-corrected chi connectivity index (χ4v) is 3.21. The number of ether oxygens (including phenoxy) is 1. The number of aromatic nitrogens is 1. The van der Waals surface area contributed by atoms with Gasteiger partial charge >= 0.3 is 5.97 Å². The van der Waals surface area contributed by atoms with Crippen molar-refractivity contribution in [3.05, 3.63) is 58.4 Å². The summed E-state index contributed by atoms with van der Waals surface area (Å²) in [4.78, 5) is 28.7. The van der Waals surface area contributed by atoms with Crippen LogP contribution >= 0.6 is 0 Å². The Morgan fingerprint density at radius 2 is 1.81 bits per heavy atom. The molecular formula is C20H22N2O4. The van der Waals surface area contributed by atoms with Gasteiger partial charge in [-0.2, -0.15) is 0 Å². The van der Waals surface area contributed by atoms with E-state index in [1.807, 2.05) is 24.3 Å². The molecular weight excluding hydrogens is 332 g/mol. The standard InChI is InChI=1S/C20H22N2O4/c1-13-18(14(2)21-19(13)20(24)25)17(23)8-5-15-3-6-16(7-4-15)22-9-11-26-12-10-22/h3-8,21H,9-12H2,1-2H3,(H,24,25)/b8-5+. The van der Waals surface area contributed by atoms with Crippen molar-refractivity contribution >= 4 is 23.5 Å². The number of H-pyrrole nitrogens is 1. The second-order valence-electron chi connectivity index (χ2n) is 6.32. The number of aromatic amines is 1. The quantitative estimate of drug-likeness (QED) is 0.637. The molecule has 3 rings (SSSR count). The average molecular weight is 354 g/mol. The molecule has 1 aromatic carbocycles. The van der Waals surface area contributed by atoms with Crippen LogP contribution in [0, 0.1) is 13.8 Å². The Hall–Kier alpha value is -2.86. The van der Waals surface area contributed by atoms with Crippen molar-refractivity contribution < 1.29 is 19.4 Å². The number of aromatic carboxylic acids is 1. The zero-order valence-electron chi connectivity index (χ0n) is 14.9. The molecule has 1 fully saturated rings. The highest BCUT2D eigenvalue weighted by Gasteiger charge is 2.20. The number of aryl methyl sites for hydroxylation is 1. The average Bonchev–Trinajstić information content (AvgIpc) is 2.95. The Morgan fingerprint density at radius 3 is 2.38 bits per heavy atom. The smallest absolute Gasteiger partial charge is 0.352 e. The lowest BCUT2D eigenvalue weighted by molar-refractivity contribution is 0.0690. The zero-order chi connectivity index (χ0) is 18.7. The molecule has 1 aliphatic rings. The van der Waals surface area contributed by atoms with Crippen LogP contribution in [0.2, 0.25) is 0 Å². The van der Waals surface area contributed by atoms with Gasteiger partial charge in [-0.1, -0.05) is 18.2 Å². The Labute approximate surface area is 152 Å². The summed E-state index contributed by atoms with van der Waals surface area (Å²) < 4.78 is 5.36. The summed E-state index contributed by atoms with van der Waals surface area (Å²) in [5, 5.41) is 9.15. The highest BCUT2D eigenvalue weighted by molar-refractivity contribution is 6.10. The van der Waals surface area contributed by atoms with E-state index >= 15 is 0 Å². The molecule has 0 bridgehead atoms. The molecule has 0 aliphatic carbocycles. The summed E-state index contributed by atoms with van der Waals surface area (Å²) in [5.74, 6) is -1.27. The molecule has 0 unspecified atom stereocenters. The van der Waals surface area contributed by atoms with Crippen LogP contribution in [-0.4, -0.2) is 48.1 Å². The molecule has 0 radical (unpaired) electrons. The number of allylic oxidation sites excluding steroid dienone is 1. The molecule has 6 heteroatoms. The highest BCUT2D eigenvalue weighted by atomic mass is 16.5. The summed E-state index contributed by atoms with van der Waals surface area (Å²) in [6, 6.07) is 8.00. The summed E-state index contributed by atoms with van der Waals surface area (Å²) in [6.07, 6.45) is 3.23. The first-order valence-electron chi connectivity index (χ1n) is 8.55. The molecule has 1 aliphatic heterocycles. The summed E-state index contributed by atoms with van der Waals surface area (Å²) in [7, 11) is 0. The number of nitrogens with one attached hydrogen (secondary N) is 1. The molecule has 6 nitrogen and oxygen atoms in total. The van der Waals surface area contributed by atoms with Crippen molar-refractivity contribution in [1.29, 1.82) is 0 Å². The topological polar surface area (TPSA) is 82.6 Å². The fourth-order valence-electron chi connectivity index (χ4n) is 3.21. The number of rotatable bonds is 5. The van der Waals surface area contributed by atoms with E-state index in [0.717, 1.165) is 37.6 Å². The minimum atomic E-state index is -1.06. The van der Waals surface area contributed by atoms with E-state index < -0.39 is 5.97 Å². The molecule has 0 amide bonds. The van der Waals surface area contributed by atoms with E-state index in [4.69, 9.17) is 9.84 Å². The Balaban J connectivity index is 1.73. The number of carbonyl (C=O) groups excluding carboxylic acids is 1. The van der Waals surface area contributed by atoms with E-state index in [-0.39, 0.29) is 11.5 Å². The third kappa shape index (κ3) is 3.70. The molecule has 0 atom stereocenters. The third-order valence-corrected chi connectivity index (χ3v) is 4.59. The first-order valence-corrected chi connectivity index (χ1v) is 8.55. The summed E-state index contributed by atoms with van der Waals surface area (Å²) in [5.41, 5.74) is 3.57. The molecule has 0 saturated carbocycles. The molecule has 2 N–H and O–H groups in total. The maximum Gasteiger partial charge on any atom is 0.352 e. The van der Waals surface area contributed by atoms with Gasteiger partial charge in [0.25, 0.3) is 0 Å². The van der Waals surface area contributed by atoms with Gasteiger partial charge in [-0.25, -0.2) is 4.79 Å². The van der Waals surface area contributed by atoms with Crippen LogP contribution in [0.5, 0.6) is 0 Å².